The first-order valence-corrected chi connectivity index (χ1v) is 5.00. The van der Waals surface area contributed by atoms with E-state index in [2.05, 4.69) is 15.0 Å². The van der Waals surface area contributed by atoms with Gasteiger partial charge in [0.05, 0.1) is 12.7 Å². The first kappa shape index (κ1) is 12.9. The van der Waals surface area contributed by atoms with Crippen molar-refractivity contribution in [3.05, 3.63) is 23.4 Å². The minimum absolute atomic E-state index is 0.00206. The molecule has 1 rings (SSSR count). The molecule has 7 heteroatoms. The average Bonchev–Trinajstić information content (AvgIpc) is 2.36. The molecule has 0 saturated heterocycles. The molecule has 0 radical (unpaired) electrons. The zero-order valence-corrected chi connectivity index (χ0v) is 9.61. The van der Waals surface area contributed by atoms with Crippen molar-refractivity contribution < 1.29 is 14.3 Å². The summed E-state index contributed by atoms with van der Waals surface area (Å²) in [6.07, 6.45) is 0. The molecule has 0 saturated carbocycles. The summed E-state index contributed by atoms with van der Waals surface area (Å²) in [6.45, 7) is 0. The van der Waals surface area contributed by atoms with Gasteiger partial charge in [0, 0.05) is 0 Å². The Balaban J connectivity index is 3.10. The second-order valence-corrected chi connectivity index (χ2v) is 3.18. The quantitative estimate of drug-likeness (QED) is 0.639. The summed E-state index contributed by atoms with van der Waals surface area (Å²) in [5.41, 5.74) is 0.127. The summed E-state index contributed by atoms with van der Waals surface area (Å²) >= 11 is 5.31. The number of carbonyl (C=O) groups excluding carboxylic acids is 2. The second-order valence-electron chi connectivity index (χ2n) is 2.91. The number of pyridine rings is 1. The number of aromatic nitrogens is 1. The van der Waals surface area contributed by atoms with E-state index in [-0.39, 0.29) is 23.0 Å². The first-order chi connectivity index (χ1) is 8.10. The van der Waals surface area contributed by atoms with E-state index in [0.29, 0.717) is 0 Å². The average molecular weight is 254 g/mol. The number of nitrogens with zero attached hydrogens (tertiary/aromatic N) is 2. The van der Waals surface area contributed by atoms with Gasteiger partial charge in [0.25, 0.3) is 0 Å². The van der Waals surface area contributed by atoms with Crippen LogP contribution in [0.15, 0.2) is 12.1 Å². The molecule has 1 aromatic rings. The third-order valence-corrected chi connectivity index (χ3v) is 1.99. The highest BCUT2D eigenvalue weighted by molar-refractivity contribution is 6.29. The van der Waals surface area contributed by atoms with Crippen LogP contribution in [0.4, 0.5) is 5.82 Å². The normalized spacial score (nSPS) is 9.24. The van der Waals surface area contributed by atoms with Crippen LogP contribution in [0.1, 0.15) is 16.1 Å². The fraction of sp³-hybridized carbons (Fsp3) is 0.200. The van der Waals surface area contributed by atoms with Gasteiger partial charge in [-0.15, -0.1) is 11.6 Å². The lowest BCUT2D eigenvalue weighted by Gasteiger charge is -2.05. The van der Waals surface area contributed by atoms with Crippen molar-refractivity contribution in [2.45, 2.75) is 0 Å². The van der Waals surface area contributed by atoms with Gasteiger partial charge in [-0.05, 0) is 12.1 Å². The van der Waals surface area contributed by atoms with Crippen LogP contribution in [0.3, 0.4) is 0 Å². The van der Waals surface area contributed by atoms with Crippen LogP contribution >= 0.6 is 11.6 Å². The molecule has 17 heavy (non-hydrogen) atoms. The molecule has 0 aromatic carbocycles. The highest BCUT2D eigenvalue weighted by Gasteiger charge is 2.11. The minimum atomic E-state index is -0.620. The molecule has 1 heterocycles. The molecular weight excluding hydrogens is 246 g/mol. The van der Waals surface area contributed by atoms with E-state index in [1.54, 1.807) is 6.07 Å². The van der Waals surface area contributed by atoms with Gasteiger partial charge < -0.3 is 10.1 Å². The van der Waals surface area contributed by atoms with Crippen molar-refractivity contribution in [1.29, 1.82) is 5.26 Å². The number of rotatable bonds is 3. The van der Waals surface area contributed by atoms with E-state index < -0.39 is 11.9 Å². The number of nitriles is 1. The zero-order valence-electron chi connectivity index (χ0n) is 8.86. The smallest absolute Gasteiger partial charge is 0.338 e. The van der Waals surface area contributed by atoms with Crippen molar-refractivity contribution >= 4 is 29.3 Å². The summed E-state index contributed by atoms with van der Waals surface area (Å²) < 4.78 is 4.51. The monoisotopic (exact) mass is 253 g/mol. The highest BCUT2D eigenvalue weighted by atomic mass is 35.5. The van der Waals surface area contributed by atoms with Gasteiger partial charge in [-0.2, -0.15) is 5.26 Å². The largest absolute Gasteiger partial charge is 0.465 e. The topological polar surface area (TPSA) is 92.1 Å². The molecule has 0 bridgehead atoms. The molecule has 0 aliphatic heterocycles. The lowest BCUT2D eigenvalue weighted by Crippen LogP contribution is -2.15. The maximum atomic E-state index is 11.3. The van der Waals surface area contributed by atoms with Gasteiger partial charge in [-0.25, -0.2) is 9.78 Å². The summed E-state index contributed by atoms with van der Waals surface area (Å²) in [4.78, 5) is 26.1. The second kappa shape index (κ2) is 5.82. The molecule has 88 valence electrons. The van der Waals surface area contributed by atoms with Gasteiger partial charge >= 0.3 is 5.97 Å². The van der Waals surface area contributed by atoms with Crippen molar-refractivity contribution in [3.63, 3.8) is 0 Å². The predicted octanol–water partition coefficient (Wildman–Crippen LogP) is 0.917. The maximum Gasteiger partial charge on any atom is 0.338 e. The lowest BCUT2D eigenvalue weighted by atomic mass is 10.2. The fourth-order valence-corrected chi connectivity index (χ4v) is 1.13. The van der Waals surface area contributed by atoms with E-state index in [4.69, 9.17) is 16.9 Å². The third kappa shape index (κ3) is 3.43. The first-order valence-electron chi connectivity index (χ1n) is 4.47. The molecule has 6 nitrogen and oxygen atoms in total. The van der Waals surface area contributed by atoms with Gasteiger partial charge in [0.1, 0.15) is 23.5 Å². The number of amides is 1. The van der Waals surface area contributed by atoms with E-state index in [9.17, 15) is 9.59 Å². The zero-order chi connectivity index (χ0) is 12.8. The molecule has 0 spiro atoms. The number of carbonyl (C=O) groups is 2. The Kier molecular flexibility index (Phi) is 4.43. The number of anilines is 1. The number of nitrogens with one attached hydrogen (secondary N) is 1. The van der Waals surface area contributed by atoms with Gasteiger partial charge in [-0.3, -0.25) is 4.79 Å². The number of hydrogen-bond donors (Lipinski definition) is 1. The Morgan fingerprint density at radius 1 is 1.59 bits per heavy atom. The van der Waals surface area contributed by atoms with Crippen LogP contribution in [-0.2, 0) is 9.53 Å². The van der Waals surface area contributed by atoms with Crippen molar-refractivity contribution in [2.75, 3.05) is 18.3 Å². The highest BCUT2D eigenvalue weighted by Crippen LogP contribution is 2.11. The molecule has 1 aromatic heterocycles. The molecular formula is C10H8ClN3O3. The lowest BCUT2D eigenvalue weighted by molar-refractivity contribution is -0.113. The van der Waals surface area contributed by atoms with Crippen molar-refractivity contribution in [3.8, 4) is 6.07 Å². The molecule has 0 aliphatic rings. The van der Waals surface area contributed by atoms with E-state index in [0.717, 1.165) is 0 Å². The number of alkyl halides is 1. The molecule has 1 N–H and O–H groups in total. The van der Waals surface area contributed by atoms with Crippen LogP contribution < -0.4 is 5.32 Å². The van der Waals surface area contributed by atoms with Crippen LogP contribution in [0, 0.1) is 11.3 Å². The van der Waals surface area contributed by atoms with Gasteiger partial charge in [-0.1, -0.05) is 0 Å². The molecule has 0 unspecified atom stereocenters. The van der Waals surface area contributed by atoms with Crippen LogP contribution in [-0.4, -0.2) is 29.9 Å². The minimum Gasteiger partial charge on any atom is -0.465 e. The summed E-state index contributed by atoms with van der Waals surface area (Å²) in [7, 11) is 1.21. The Bertz CT molecular complexity index is 496. The summed E-state index contributed by atoms with van der Waals surface area (Å²) in [6, 6.07) is 4.34. The Morgan fingerprint density at radius 3 is 2.82 bits per heavy atom. The number of ether oxygens (including phenoxy) is 1. The third-order valence-electron chi connectivity index (χ3n) is 1.75. The number of esters is 1. The molecule has 0 fully saturated rings. The Labute approximate surface area is 102 Å². The predicted molar refractivity (Wildman–Crippen MR) is 59.6 cm³/mol. The van der Waals surface area contributed by atoms with Crippen LogP contribution in [0.25, 0.3) is 0 Å². The standard InChI is InChI=1S/C10H8ClN3O3/c1-17-10(16)6-2-7(5-12)13-8(3-6)14-9(15)4-11/h2-3H,4H2,1H3,(H,13,14,15). The fourth-order valence-electron chi connectivity index (χ4n) is 1.06. The Hall–Kier alpha value is -2.13. The van der Waals surface area contributed by atoms with E-state index in [1.165, 1.54) is 19.2 Å². The van der Waals surface area contributed by atoms with Crippen LogP contribution in [0.5, 0.6) is 0 Å². The van der Waals surface area contributed by atoms with Gasteiger partial charge in [0.2, 0.25) is 5.91 Å². The van der Waals surface area contributed by atoms with Crippen LogP contribution in [0.2, 0.25) is 0 Å². The van der Waals surface area contributed by atoms with Gasteiger partial charge in [0.15, 0.2) is 0 Å². The van der Waals surface area contributed by atoms with E-state index in [1.807, 2.05) is 0 Å². The molecule has 0 aliphatic carbocycles. The number of halogens is 1. The Morgan fingerprint density at radius 2 is 2.29 bits per heavy atom. The SMILES string of the molecule is COC(=O)c1cc(C#N)nc(NC(=O)CCl)c1. The molecule has 0 atom stereocenters. The van der Waals surface area contributed by atoms with E-state index >= 15 is 0 Å². The maximum absolute atomic E-state index is 11.3. The van der Waals surface area contributed by atoms with Crippen molar-refractivity contribution in [2.24, 2.45) is 0 Å². The molecule has 1 amide bonds. The number of hydrogen-bond acceptors (Lipinski definition) is 5. The summed E-state index contributed by atoms with van der Waals surface area (Å²) in [5, 5.41) is 11.1. The van der Waals surface area contributed by atoms with Crippen molar-refractivity contribution in [1.82, 2.24) is 4.98 Å². The number of methoxy groups -OCH3 is 1. The summed E-state index contributed by atoms with van der Waals surface area (Å²) in [5.74, 6) is -1.27.